The molecule has 10 nitrogen and oxygen atoms in total. The monoisotopic (exact) mass is 531 g/mol. The fourth-order valence-electron chi connectivity index (χ4n) is 3.58. The van der Waals surface area contributed by atoms with Gasteiger partial charge >= 0.3 is 6.09 Å². The Hall–Kier alpha value is -2.03. The molecule has 0 saturated heterocycles. The maximum absolute atomic E-state index is 13.2. The average molecular weight is 532 g/mol. The summed E-state index contributed by atoms with van der Waals surface area (Å²) in [6.45, 7) is 5.04. The van der Waals surface area contributed by atoms with E-state index in [-0.39, 0.29) is 34.2 Å². The summed E-state index contributed by atoms with van der Waals surface area (Å²) in [7, 11) is -6.68. The van der Waals surface area contributed by atoms with Crippen molar-refractivity contribution in [3.8, 4) is 0 Å². The van der Waals surface area contributed by atoms with Crippen molar-refractivity contribution in [2.24, 2.45) is 0 Å². The van der Waals surface area contributed by atoms with E-state index in [1.54, 1.807) is 19.2 Å². The summed E-state index contributed by atoms with van der Waals surface area (Å²) in [6.07, 6.45) is -0.628. The van der Waals surface area contributed by atoms with Crippen LogP contribution in [0.5, 0.6) is 0 Å². The predicted molar refractivity (Wildman–Crippen MR) is 128 cm³/mol. The highest BCUT2D eigenvalue weighted by Gasteiger charge is 2.40. The molecule has 1 aromatic heterocycles. The Morgan fingerprint density at radius 3 is 2.71 bits per heavy atom. The number of aryl methyl sites for hydroxylation is 1. The Labute approximate surface area is 204 Å². The maximum atomic E-state index is 13.2. The molecular weight excluding hydrogens is 502 g/mol. The number of carbonyl (C=O) groups excluding carboxylic acids is 1. The van der Waals surface area contributed by atoms with Crippen molar-refractivity contribution in [3.05, 3.63) is 47.0 Å². The highest BCUT2D eigenvalue weighted by Crippen LogP contribution is 2.40. The first kappa shape index (κ1) is 26.6. The quantitative estimate of drug-likeness (QED) is 0.447. The summed E-state index contributed by atoms with van der Waals surface area (Å²) >= 11 is 0.622. The first-order chi connectivity index (χ1) is 16.1. The first-order valence-corrected chi connectivity index (χ1v) is 14.4. The van der Waals surface area contributed by atoms with Gasteiger partial charge in [0.1, 0.15) is 15.0 Å². The summed E-state index contributed by atoms with van der Waals surface area (Å²) in [4.78, 5) is 12.2. The van der Waals surface area contributed by atoms with Crippen molar-refractivity contribution in [2.45, 2.75) is 41.3 Å². The second-order valence-electron chi connectivity index (χ2n) is 7.74. The molecule has 0 spiro atoms. The smallest absolute Gasteiger partial charge is 0.421 e. The zero-order valence-electron chi connectivity index (χ0n) is 19.2. The van der Waals surface area contributed by atoms with Gasteiger partial charge < -0.3 is 14.8 Å². The lowest BCUT2D eigenvalue weighted by Crippen LogP contribution is -2.43. The zero-order valence-corrected chi connectivity index (χ0v) is 21.7. The van der Waals surface area contributed by atoms with E-state index >= 15 is 0 Å². The third kappa shape index (κ3) is 5.96. The molecule has 1 aliphatic heterocycles. The molecule has 1 aliphatic rings. The number of rotatable bonds is 10. The van der Waals surface area contributed by atoms with Crippen LogP contribution in [0.3, 0.4) is 0 Å². The Morgan fingerprint density at radius 2 is 2.03 bits per heavy atom. The van der Waals surface area contributed by atoms with Crippen LogP contribution in [-0.2, 0) is 36.1 Å². The molecule has 2 N–H and O–H groups in total. The average Bonchev–Trinajstić information content (AvgIpc) is 3.24. The number of likely N-dealkylation sites (N-methyl/N-ethyl adjacent to an activating group) is 1. The minimum absolute atomic E-state index is 0.0456. The molecular formula is C21H29N3O7S3. The third-order valence-corrected chi connectivity index (χ3v) is 10.7. The standard InChI is InChI=1S/C21H29N3O7S3/c1-4-22-18-13-24(10-7-11-30-3)34(28,29)20-17(18)12-19(32-20)33(26,27)23-21(25)31-14-16-9-6-5-8-15(16)2/h5-6,8-9,12,18,22H,4,7,10-11,13-14H2,1-3H3,(H,23,25)/t18-/m0/s1. The van der Waals surface area contributed by atoms with Crippen LogP contribution in [0.1, 0.15) is 36.1 Å². The van der Waals surface area contributed by atoms with E-state index < -0.39 is 26.1 Å². The van der Waals surface area contributed by atoms with Crippen molar-refractivity contribution in [2.75, 3.05) is 33.4 Å². The lowest BCUT2D eigenvalue weighted by molar-refractivity contribution is 0.146. The molecule has 188 valence electrons. The molecule has 1 amide bonds. The number of methoxy groups -OCH3 is 1. The number of nitrogens with zero attached hydrogens (tertiary/aromatic N) is 1. The topological polar surface area (TPSA) is 131 Å². The molecule has 0 aliphatic carbocycles. The van der Waals surface area contributed by atoms with Crippen LogP contribution in [0.2, 0.25) is 0 Å². The van der Waals surface area contributed by atoms with Gasteiger partial charge in [-0.25, -0.2) is 26.4 Å². The van der Waals surface area contributed by atoms with Crippen LogP contribution < -0.4 is 10.0 Å². The summed E-state index contributed by atoms with van der Waals surface area (Å²) < 4.78 is 65.0. The molecule has 34 heavy (non-hydrogen) atoms. The number of ether oxygens (including phenoxy) is 2. The number of fused-ring (bicyclic) bond motifs is 1. The van der Waals surface area contributed by atoms with E-state index in [4.69, 9.17) is 9.47 Å². The Kier molecular flexibility index (Phi) is 8.71. The van der Waals surface area contributed by atoms with Gasteiger partial charge in [-0.1, -0.05) is 31.2 Å². The Morgan fingerprint density at radius 1 is 1.29 bits per heavy atom. The minimum atomic E-state index is -4.33. The highest BCUT2D eigenvalue weighted by molar-refractivity contribution is 7.94. The Balaban J connectivity index is 1.80. The van der Waals surface area contributed by atoms with Crippen molar-refractivity contribution < 1.29 is 31.1 Å². The van der Waals surface area contributed by atoms with Crippen molar-refractivity contribution in [1.29, 1.82) is 0 Å². The van der Waals surface area contributed by atoms with E-state index in [0.717, 1.165) is 11.1 Å². The molecule has 0 bridgehead atoms. The second-order valence-corrected chi connectivity index (χ2v) is 12.8. The molecule has 1 atom stereocenters. The van der Waals surface area contributed by atoms with Gasteiger partial charge in [0.25, 0.3) is 20.0 Å². The zero-order chi connectivity index (χ0) is 24.9. The van der Waals surface area contributed by atoms with E-state index in [0.29, 0.717) is 36.5 Å². The predicted octanol–water partition coefficient (Wildman–Crippen LogP) is 2.36. The molecule has 1 aromatic carbocycles. The normalized spacial score (nSPS) is 17.8. The van der Waals surface area contributed by atoms with Gasteiger partial charge in [0.15, 0.2) is 0 Å². The van der Waals surface area contributed by atoms with E-state index in [9.17, 15) is 21.6 Å². The summed E-state index contributed by atoms with van der Waals surface area (Å²) in [6, 6.07) is 8.19. The highest BCUT2D eigenvalue weighted by atomic mass is 32.3. The number of amides is 1. The lowest BCUT2D eigenvalue weighted by Gasteiger charge is -2.32. The minimum Gasteiger partial charge on any atom is -0.444 e. The number of sulfonamides is 2. The van der Waals surface area contributed by atoms with E-state index in [1.807, 2.05) is 30.7 Å². The number of carbonyl (C=O) groups is 1. The van der Waals surface area contributed by atoms with Gasteiger partial charge in [0.05, 0.1) is 0 Å². The Bertz CT molecular complexity index is 1230. The molecule has 2 heterocycles. The number of nitrogens with one attached hydrogen (secondary N) is 2. The fraction of sp³-hybridized carbons (Fsp3) is 0.476. The number of thiophene rings is 1. The van der Waals surface area contributed by atoms with E-state index in [1.165, 1.54) is 10.4 Å². The number of hydrogen-bond acceptors (Lipinski definition) is 9. The van der Waals surface area contributed by atoms with Crippen LogP contribution in [-0.4, -0.2) is 60.6 Å². The largest absolute Gasteiger partial charge is 0.444 e. The maximum Gasteiger partial charge on any atom is 0.421 e. The van der Waals surface area contributed by atoms with Gasteiger partial charge in [0, 0.05) is 38.4 Å². The molecule has 0 radical (unpaired) electrons. The first-order valence-electron chi connectivity index (χ1n) is 10.7. The number of hydrogen-bond donors (Lipinski definition) is 2. The van der Waals surface area contributed by atoms with E-state index in [2.05, 4.69) is 5.32 Å². The molecule has 13 heteroatoms. The van der Waals surface area contributed by atoms with Crippen LogP contribution >= 0.6 is 11.3 Å². The van der Waals surface area contributed by atoms with Crippen molar-refractivity contribution >= 4 is 37.5 Å². The van der Waals surface area contributed by atoms with Gasteiger partial charge in [-0.2, -0.15) is 4.31 Å². The van der Waals surface area contributed by atoms with Gasteiger partial charge in [0.2, 0.25) is 0 Å². The summed E-state index contributed by atoms with van der Waals surface area (Å²) in [5, 5.41) is 3.21. The van der Waals surface area contributed by atoms with Crippen molar-refractivity contribution in [3.63, 3.8) is 0 Å². The number of benzene rings is 1. The second kappa shape index (κ2) is 11.1. The third-order valence-electron chi connectivity index (χ3n) is 5.35. The van der Waals surface area contributed by atoms with Crippen LogP contribution in [0.15, 0.2) is 38.8 Å². The lowest BCUT2D eigenvalue weighted by atomic mass is 10.1. The van der Waals surface area contributed by atoms with Crippen molar-refractivity contribution in [1.82, 2.24) is 14.3 Å². The molecule has 0 saturated carbocycles. The molecule has 3 rings (SSSR count). The summed E-state index contributed by atoms with van der Waals surface area (Å²) in [5.41, 5.74) is 2.03. The summed E-state index contributed by atoms with van der Waals surface area (Å²) in [5.74, 6) is 0. The van der Waals surface area contributed by atoms with Gasteiger partial charge in [-0.05, 0) is 37.1 Å². The van der Waals surface area contributed by atoms with Crippen LogP contribution in [0.4, 0.5) is 4.79 Å². The fourth-order valence-corrected chi connectivity index (χ4v) is 8.36. The molecule has 0 unspecified atom stereocenters. The van der Waals surface area contributed by atoms with Crippen LogP contribution in [0.25, 0.3) is 0 Å². The SMILES string of the molecule is CCN[C@H]1CN(CCCOC)S(=O)(=O)c2sc(S(=O)(=O)NC(=O)OCc3ccccc3C)cc21. The van der Waals surface area contributed by atoms with Gasteiger partial charge in [-0.3, -0.25) is 0 Å². The molecule has 0 fully saturated rings. The van der Waals surface area contributed by atoms with Crippen LogP contribution in [0, 0.1) is 6.92 Å². The molecule has 2 aromatic rings. The van der Waals surface area contributed by atoms with Gasteiger partial charge in [-0.15, -0.1) is 11.3 Å².